The lowest BCUT2D eigenvalue weighted by atomic mass is 10.0. The molecule has 6 heteroatoms. The highest BCUT2D eigenvalue weighted by atomic mass is 19.1. The molecule has 1 N–H and O–H groups in total. The number of halogens is 1. The molecule has 0 atom stereocenters. The number of nitrogens with zero attached hydrogens (tertiary/aromatic N) is 2. The molecule has 2 rings (SSSR count). The second-order valence-electron chi connectivity index (χ2n) is 5.84. The lowest BCUT2D eigenvalue weighted by Crippen LogP contribution is -2.35. The molecule has 0 saturated heterocycles. The van der Waals surface area contributed by atoms with Gasteiger partial charge < -0.3 is 10.0 Å². The van der Waals surface area contributed by atoms with E-state index in [1.54, 1.807) is 11.9 Å². The van der Waals surface area contributed by atoms with E-state index in [2.05, 4.69) is 6.92 Å². The molecule has 0 bridgehead atoms. The van der Waals surface area contributed by atoms with E-state index in [4.69, 9.17) is 5.11 Å². The number of amides is 2. The Morgan fingerprint density at radius 3 is 2.38 bits per heavy atom. The predicted octanol–water partition coefficient (Wildman–Crippen LogP) is 2.02. The van der Waals surface area contributed by atoms with Crippen LogP contribution in [-0.4, -0.2) is 53.5 Å². The average Bonchev–Trinajstić information content (AvgIpc) is 2.80. The maximum atomic E-state index is 13.2. The van der Waals surface area contributed by atoms with Crippen molar-refractivity contribution in [2.45, 2.75) is 26.2 Å². The van der Waals surface area contributed by atoms with Crippen molar-refractivity contribution in [3.63, 3.8) is 0 Å². The number of imide groups is 1. The van der Waals surface area contributed by atoms with Gasteiger partial charge in [-0.15, -0.1) is 0 Å². The smallest absolute Gasteiger partial charge is 0.277 e. The summed E-state index contributed by atoms with van der Waals surface area (Å²) in [6.07, 6.45) is 2.68. The number of hydrogen-bond acceptors (Lipinski definition) is 4. The fourth-order valence-electron chi connectivity index (χ4n) is 2.78. The topological polar surface area (TPSA) is 60.9 Å². The molecule has 1 aromatic carbocycles. The van der Waals surface area contributed by atoms with Crippen molar-refractivity contribution in [3.8, 4) is 0 Å². The Bertz CT molecular complexity index is 640. The van der Waals surface area contributed by atoms with Gasteiger partial charge in [0.2, 0.25) is 0 Å². The van der Waals surface area contributed by atoms with Crippen LogP contribution in [-0.2, 0) is 9.59 Å². The number of likely N-dealkylation sites (N-methyl/N-ethyl adjacent to an activating group) is 1. The van der Waals surface area contributed by atoms with Gasteiger partial charge >= 0.3 is 0 Å². The van der Waals surface area contributed by atoms with Gasteiger partial charge in [0, 0.05) is 20.1 Å². The average molecular weight is 334 g/mol. The summed E-state index contributed by atoms with van der Waals surface area (Å²) < 4.78 is 13.2. The van der Waals surface area contributed by atoms with Crippen LogP contribution in [0, 0.1) is 5.82 Å². The highest BCUT2D eigenvalue weighted by molar-refractivity contribution is 6.35. The van der Waals surface area contributed by atoms with Crippen LogP contribution in [0.5, 0.6) is 0 Å². The van der Waals surface area contributed by atoms with Crippen LogP contribution in [0.1, 0.15) is 31.7 Å². The maximum absolute atomic E-state index is 13.2. The molecule has 2 amide bonds. The number of carbonyl (C=O) groups is 2. The molecule has 0 fully saturated rings. The molecule has 130 valence electrons. The lowest BCUT2D eigenvalue weighted by molar-refractivity contribution is -0.137. The molecular weight excluding hydrogens is 311 g/mol. The van der Waals surface area contributed by atoms with Gasteiger partial charge in [0.05, 0.1) is 12.2 Å². The van der Waals surface area contributed by atoms with Crippen LogP contribution in [0.15, 0.2) is 30.0 Å². The largest absolute Gasteiger partial charge is 0.395 e. The van der Waals surface area contributed by atoms with Crippen molar-refractivity contribution in [1.82, 2.24) is 9.80 Å². The van der Waals surface area contributed by atoms with Gasteiger partial charge in [-0.2, -0.15) is 0 Å². The first-order chi connectivity index (χ1) is 11.5. The van der Waals surface area contributed by atoms with Gasteiger partial charge in [0.1, 0.15) is 11.5 Å². The number of benzene rings is 1. The van der Waals surface area contributed by atoms with Crippen molar-refractivity contribution in [3.05, 3.63) is 41.3 Å². The van der Waals surface area contributed by atoms with Crippen molar-refractivity contribution in [2.24, 2.45) is 0 Å². The van der Waals surface area contributed by atoms with Crippen molar-refractivity contribution in [1.29, 1.82) is 0 Å². The first-order valence-corrected chi connectivity index (χ1v) is 8.19. The third kappa shape index (κ3) is 3.64. The summed E-state index contributed by atoms with van der Waals surface area (Å²) >= 11 is 0. The molecule has 0 spiro atoms. The normalized spacial score (nSPS) is 14.8. The Kier molecular flexibility index (Phi) is 6.09. The molecule has 5 nitrogen and oxygen atoms in total. The Hall–Kier alpha value is -2.21. The first-order valence-electron chi connectivity index (χ1n) is 8.19. The standard InChI is InChI=1S/C18H23FN2O3/c1-3-4-5-10-21-17(23)15(13-6-8-14(19)9-7-13)16(18(21)24)20(2)11-12-22/h6-9,22H,3-5,10-12H2,1-2H3. The zero-order valence-electron chi connectivity index (χ0n) is 14.1. The highest BCUT2D eigenvalue weighted by Gasteiger charge is 2.40. The number of aliphatic hydroxyl groups is 1. The second-order valence-corrected chi connectivity index (χ2v) is 5.84. The number of carbonyl (C=O) groups excluding carboxylic acids is 2. The fourth-order valence-corrected chi connectivity index (χ4v) is 2.78. The minimum Gasteiger partial charge on any atom is -0.395 e. The zero-order valence-corrected chi connectivity index (χ0v) is 14.1. The summed E-state index contributed by atoms with van der Waals surface area (Å²) in [4.78, 5) is 28.3. The minimum absolute atomic E-state index is 0.131. The summed E-state index contributed by atoms with van der Waals surface area (Å²) in [6.45, 7) is 2.53. The van der Waals surface area contributed by atoms with Crippen LogP contribution < -0.4 is 0 Å². The molecule has 0 aromatic heterocycles. The molecule has 1 aliphatic rings. The quantitative estimate of drug-likeness (QED) is 0.584. The van der Waals surface area contributed by atoms with Crippen LogP contribution in [0.3, 0.4) is 0 Å². The Balaban J connectivity index is 2.40. The summed E-state index contributed by atoms with van der Waals surface area (Å²) in [5.41, 5.74) is 1.04. The monoisotopic (exact) mass is 334 g/mol. The Morgan fingerprint density at radius 1 is 1.12 bits per heavy atom. The molecule has 0 unspecified atom stereocenters. The van der Waals surface area contributed by atoms with E-state index in [1.165, 1.54) is 29.2 Å². The first kappa shape index (κ1) is 18.1. The van der Waals surface area contributed by atoms with E-state index in [9.17, 15) is 14.0 Å². The number of unbranched alkanes of at least 4 members (excludes halogenated alkanes) is 2. The van der Waals surface area contributed by atoms with Crippen molar-refractivity contribution < 1.29 is 19.1 Å². The molecule has 1 aromatic rings. The minimum atomic E-state index is -0.402. The van der Waals surface area contributed by atoms with E-state index in [-0.39, 0.29) is 36.2 Å². The van der Waals surface area contributed by atoms with Gasteiger partial charge in [-0.05, 0) is 24.1 Å². The zero-order chi connectivity index (χ0) is 17.7. The SMILES string of the molecule is CCCCCN1C(=O)C(c2ccc(F)cc2)=C(N(C)CCO)C1=O. The third-order valence-corrected chi connectivity index (χ3v) is 4.08. The Labute approximate surface area is 141 Å². The third-order valence-electron chi connectivity index (χ3n) is 4.08. The molecular formula is C18H23FN2O3. The summed E-state index contributed by atoms with van der Waals surface area (Å²) in [5, 5.41) is 9.16. The van der Waals surface area contributed by atoms with Gasteiger partial charge in [-0.1, -0.05) is 31.9 Å². The van der Waals surface area contributed by atoms with Crippen LogP contribution in [0.25, 0.3) is 5.57 Å². The van der Waals surface area contributed by atoms with E-state index >= 15 is 0 Å². The highest BCUT2D eigenvalue weighted by Crippen LogP contribution is 2.31. The van der Waals surface area contributed by atoms with E-state index in [1.807, 2.05) is 0 Å². The van der Waals surface area contributed by atoms with E-state index in [0.29, 0.717) is 12.1 Å². The van der Waals surface area contributed by atoms with Crippen molar-refractivity contribution in [2.75, 3.05) is 26.7 Å². The van der Waals surface area contributed by atoms with Gasteiger partial charge in [0.15, 0.2) is 0 Å². The Morgan fingerprint density at radius 2 is 1.79 bits per heavy atom. The van der Waals surface area contributed by atoms with E-state index in [0.717, 1.165) is 19.3 Å². The number of aliphatic hydroxyl groups excluding tert-OH is 1. The molecule has 1 aliphatic heterocycles. The summed E-state index contributed by atoms with van der Waals surface area (Å²) in [6, 6.07) is 5.53. The lowest BCUT2D eigenvalue weighted by Gasteiger charge is -2.20. The van der Waals surface area contributed by atoms with Crippen molar-refractivity contribution >= 4 is 17.4 Å². The maximum Gasteiger partial charge on any atom is 0.277 e. The summed E-state index contributed by atoms with van der Waals surface area (Å²) in [5.74, 6) is -1.12. The predicted molar refractivity (Wildman–Crippen MR) is 89.3 cm³/mol. The van der Waals surface area contributed by atoms with Crippen LogP contribution in [0.2, 0.25) is 0 Å². The molecule has 0 radical (unpaired) electrons. The molecule has 0 saturated carbocycles. The summed E-state index contributed by atoms with van der Waals surface area (Å²) in [7, 11) is 1.66. The van der Waals surface area contributed by atoms with Crippen LogP contribution >= 0.6 is 0 Å². The molecule has 0 aliphatic carbocycles. The molecule has 24 heavy (non-hydrogen) atoms. The molecule has 1 heterocycles. The van der Waals surface area contributed by atoms with Gasteiger partial charge in [-0.25, -0.2) is 4.39 Å². The van der Waals surface area contributed by atoms with E-state index < -0.39 is 5.82 Å². The van der Waals surface area contributed by atoms with Gasteiger partial charge in [-0.3, -0.25) is 14.5 Å². The van der Waals surface area contributed by atoms with Crippen LogP contribution in [0.4, 0.5) is 4.39 Å². The van der Waals surface area contributed by atoms with Gasteiger partial charge in [0.25, 0.3) is 11.8 Å². The number of rotatable bonds is 8. The number of hydrogen-bond donors (Lipinski definition) is 1. The fraction of sp³-hybridized carbons (Fsp3) is 0.444. The second kappa shape index (κ2) is 8.06.